The second-order valence-corrected chi connectivity index (χ2v) is 4.55. The van der Waals surface area contributed by atoms with Crippen LogP contribution in [-0.2, 0) is 4.79 Å². The first-order valence-electron chi connectivity index (χ1n) is 5.39. The summed E-state index contributed by atoms with van der Waals surface area (Å²) in [6.45, 7) is 4.11. The molecule has 16 heavy (non-hydrogen) atoms. The molecule has 6 heteroatoms. The highest BCUT2D eigenvalue weighted by molar-refractivity contribution is 5.85. The SMILES string of the molecule is C[C@@H]1CNCCN1C(=O)C1CC(F)(F)C1.Cl. The lowest BCUT2D eigenvalue weighted by Gasteiger charge is -2.41. The van der Waals surface area contributed by atoms with E-state index >= 15 is 0 Å². The van der Waals surface area contributed by atoms with E-state index in [1.807, 2.05) is 6.92 Å². The summed E-state index contributed by atoms with van der Waals surface area (Å²) in [7, 11) is 0. The smallest absolute Gasteiger partial charge is 0.249 e. The molecule has 0 radical (unpaired) electrons. The third kappa shape index (κ3) is 2.63. The first-order valence-corrected chi connectivity index (χ1v) is 5.39. The van der Waals surface area contributed by atoms with Gasteiger partial charge in [-0.15, -0.1) is 12.4 Å². The van der Waals surface area contributed by atoms with E-state index in [4.69, 9.17) is 0 Å². The van der Waals surface area contributed by atoms with Gasteiger partial charge in [0.1, 0.15) is 0 Å². The lowest BCUT2D eigenvalue weighted by atomic mass is 9.80. The minimum absolute atomic E-state index is 0. The van der Waals surface area contributed by atoms with Gasteiger partial charge in [0.05, 0.1) is 0 Å². The third-order valence-corrected chi connectivity index (χ3v) is 3.22. The van der Waals surface area contributed by atoms with Crippen molar-refractivity contribution in [3.05, 3.63) is 0 Å². The second kappa shape index (κ2) is 4.84. The van der Waals surface area contributed by atoms with E-state index in [0.717, 1.165) is 13.1 Å². The Morgan fingerprint density at radius 3 is 2.56 bits per heavy atom. The van der Waals surface area contributed by atoms with Crippen LogP contribution in [0.15, 0.2) is 0 Å². The summed E-state index contributed by atoms with van der Waals surface area (Å²) in [5.41, 5.74) is 0. The van der Waals surface area contributed by atoms with E-state index in [9.17, 15) is 13.6 Å². The largest absolute Gasteiger partial charge is 0.337 e. The van der Waals surface area contributed by atoms with Crippen LogP contribution in [0.1, 0.15) is 19.8 Å². The van der Waals surface area contributed by atoms with E-state index in [1.165, 1.54) is 0 Å². The summed E-state index contributed by atoms with van der Waals surface area (Å²) >= 11 is 0. The Kier molecular flexibility index (Phi) is 4.12. The zero-order chi connectivity index (χ0) is 11.1. The van der Waals surface area contributed by atoms with Gasteiger partial charge in [-0.25, -0.2) is 8.78 Å². The van der Waals surface area contributed by atoms with Crippen LogP contribution in [-0.4, -0.2) is 42.4 Å². The van der Waals surface area contributed by atoms with Gasteiger partial charge in [-0.3, -0.25) is 4.79 Å². The van der Waals surface area contributed by atoms with Gasteiger partial charge in [0, 0.05) is 44.4 Å². The number of nitrogens with one attached hydrogen (secondary N) is 1. The summed E-state index contributed by atoms with van der Waals surface area (Å²) in [6, 6.07) is 0.125. The van der Waals surface area contributed by atoms with Crippen LogP contribution < -0.4 is 5.32 Å². The van der Waals surface area contributed by atoms with Gasteiger partial charge >= 0.3 is 0 Å². The topological polar surface area (TPSA) is 32.3 Å². The molecule has 1 aliphatic heterocycles. The Bertz CT molecular complexity index is 268. The van der Waals surface area contributed by atoms with E-state index in [0.29, 0.717) is 6.54 Å². The molecule has 1 N–H and O–H groups in total. The molecule has 1 saturated carbocycles. The molecule has 2 fully saturated rings. The summed E-state index contributed by atoms with van der Waals surface area (Å²) in [6.07, 6.45) is -0.523. The van der Waals surface area contributed by atoms with Gasteiger partial charge in [0.25, 0.3) is 0 Å². The van der Waals surface area contributed by atoms with Gasteiger partial charge in [0.15, 0.2) is 0 Å². The number of nitrogens with zero attached hydrogens (tertiary/aromatic N) is 1. The monoisotopic (exact) mass is 254 g/mol. The molecule has 94 valence electrons. The average Bonchev–Trinajstić information content (AvgIpc) is 2.14. The van der Waals surface area contributed by atoms with E-state index < -0.39 is 11.8 Å². The zero-order valence-electron chi connectivity index (χ0n) is 9.21. The lowest BCUT2D eigenvalue weighted by Crippen LogP contribution is -2.56. The zero-order valence-corrected chi connectivity index (χ0v) is 10.0. The van der Waals surface area contributed by atoms with Gasteiger partial charge in [-0.05, 0) is 6.92 Å². The maximum atomic E-state index is 12.6. The molecule has 2 aliphatic rings. The number of amides is 1. The first-order chi connectivity index (χ1) is 6.99. The van der Waals surface area contributed by atoms with E-state index in [1.54, 1.807) is 4.90 Å². The number of hydrogen-bond acceptors (Lipinski definition) is 2. The molecule has 1 saturated heterocycles. The van der Waals surface area contributed by atoms with Crippen molar-refractivity contribution in [3.8, 4) is 0 Å². The fourth-order valence-corrected chi connectivity index (χ4v) is 2.24. The highest BCUT2D eigenvalue weighted by atomic mass is 35.5. The summed E-state index contributed by atoms with van der Waals surface area (Å²) in [5, 5.41) is 3.17. The van der Waals surface area contributed by atoms with Crippen molar-refractivity contribution < 1.29 is 13.6 Å². The van der Waals surface area contributed by atoms with Crippen LogP contribution in [0.4, 0.5) is 8.78 Å². The van der Waals surface area contributed by atoms with Crippen molar-refractivity contribution in [2.45, 2.75) is 31.7 Å². The Morgan fingerprint density at radius 2 is 2.06 bits per heavy atom. The van der Waals surface area contributed by atoms with Crippen LogP contribution in [0, 0.1) is 5.92 Å². The molecule has 0 bridgehead atoms. The van der Waals surface area contributed by atoms with E-state index in [-0.39, 0.29) is 37.2 Å². The Labute approximate surface area is 100.0 Å². The lowest BCUT2D eigenvalue weighted by molar-refractivity contribution is -0.162. The van der Waals surface area contributed by atoms with Crippen molar-refractivity contribution in [1.29, 1.82) is 0 Å². The number of hydrogen-bond donors (Lipinski definition) is 1. The Morgan fingerprint density at radius 1 is 1.44 bits per heavy atom. The molecule has 1 aliphatic carbocycles. The molecule has 3 nitrogen and oxygen atoms in total. The molecule has 1 amide bonds. The van der Waals surface area contributed by atoms with Crippen molar-refractivity contribution in [1.82, 2.24) is 10.2 Å². The first kappa shape index (κ1) is 13.6. The number of piperazine rings is 1. The second-order valence-electron chi connectivity index (χ2n) is 4.55. The molecule has 0 aromatic carbocycles. The van der Waals surface area contributed by atoms with Crippen LogP contribution in [0.25, 0.3) is 0 Å². The van der Waals surface area contributed by atoms with Crippen molar-refractivity contribution in [2.75, 3.05) is 19.6 Å². The highest BCUT2D eigenvalue weighted by Gasteiger charge is 2.50. The number of carbonyl (C=O) groups is 1. The van der Waals surface area contributed by atoms with Crippen molar-refractivity contribution >= 4 is 18.3 Å². The average molecular weight is 255 g/mol. The van der Waals surface area contributed by atoms with Crippen molar-refractivity contribution in [2.24, 2.45) is 5.92 Å². The number of halogens is 3. The predicted octanol–water partition coefficient (Wildman–Crippen LogP) is 1.27. The molecule has 0 unspecified atom stereocenters. The summed E-state index contributed by atoms with van der Waals surface area (Å²) < 4.78 is 25.3. The van der Waals surface area contributed by atoms with E-state index in [2.05, 4.69) is 5.32 Å². The number of rotatable bonds is 1. The fraction of sp³-hybridized carbons (Fsp3) is 0.900. The Hall–Kier alpha value is -0.420. The summed E-state index contributed by atoms with van der Waals surface area (Å²) in [5.74, 6) is -3.13. The third-order valence-electron chi connectivity index (χ3n) is 3.22. The van der Waals surface area contributed by atoms with Gasteiger partial charge in [-0.2, -0.15) is 0 Å². The van der Waals surface area contributed by atoms with Gasteiger partial charge in [-0.1, -0.05) is 0 Å². The molecule has 0 aromatic rings. The molecule has 2 rings (SSSR count). The molecule has 1 heterocycles. The van der Waals surface area contributed by atoms with Crippen LogP contribution in [0.2, 0.25) is 0 Å². The summed E-state index contributed by atoms with van der Waals surface area (Å²) in [4.78, 5) is 13.6. The maximum absolute atomic E-state index is 12.6. The van der Waals surface area contributed by atoms with Gasteiger partial charge in [0.2, 0.25) is 11.8 Å². The Balaban J connectivity index is 0.00000128. The predicted molar refractivity (Wildman–Crippen MR) is 59.0 cm³/mol. The highest BCUT2D eigenvalue weighted by Crippen LogP contribution is 2.43. The standard InChI is InChI=1S/C10H16F2N2O.ClH/c1-7-6-13-2-3-14(7)9(15)8-4-10(11,12)5-8;/h7-8,13H,2-6H2,1H3;1H/t7-;/m1./s1. The van der Waals surface area contributed by atoms with Crippen molar-refractivity contribution in [3.63, 3.8) is 0 Å². The molecular weight excluding hydrogens is 238 g/mol. The quantitative estimate of drug-likeness (QED) is 0.765. The molecular formula is C10H17ClF2N2O. The molecule has 0 aromatic heterocycles. The van der Waals surface area contributed by atoms with Crippen LogP contribution in [0.3, 0.4) is 0 Å². The molecule has 0 spiro atoms. The maximum Gasteiger partial charge on any atom is 0.249 e. The minimum Gasteiger partial charge on any atom is -0.337 e. The fourth-order valence-electron chi connectivity index (χ4n) is 2.24. The van der Waals surface area contributed by atoms with Crippen LogP contribution >= 0.6 is 12.4 Å². The number of alkyl halides is 2. The normalized spacial score (nSPS) is 29.2. The minimum atomic E-state index is -2.60. The van der Waals surface area contributed by atoms with Gasteiger partial charge < -0.3 is 10.2 Å². The number of carbonyl (C=O) groups excluding carboxylic acids is 1. The van der Waals surface area contributed by atoms with Crippen LogP contribution in [0.5, 0.6) is 0 Å². The molecule has 1 atom stereocenters.